The number of ether oxygens (including phenoxy) is 1. The Morgan fingerprint density at radius 2 is 1.91 bits per heavy atom. The maximum atomic E-state index is 13.2. The summed E-state index contributed by atoms with van der Waals surface area (Å²) in [5, 5.41) is 7.45. The zero-order valence-electron chi connectivity index (χ0n) is 20.4. The Kier molecular flexibility index (Phi) is 6.68. The first-order chi connectivity index (χ1) is 16.8. The summed E-state index contributed by atoms with van der Waals surface area (Å²) in [6, 6.07) is 14.0. The van der Waals surface area contributed by atoms with Crippen LogP contribution in [-0.4, -0.2) is 39.6 Å². The molecule has 5 rings (SSSR count). The normalized spacial score (nSPS) is 20.2. The number of hydrogen-bond donors (Lipinski definition) is 1. The standard InChI is InChI=1S/C27H31BrN4O3/c1-17-4-9-21-22(15-27(2,3)34-23(21)14-17)29-26(33)19-10-12-32(13-11-19)16-24-30-25(31-35-24)18-5-7-20(28)8-6-18/h4-9,14,19,22H,10-13,15-16H2,1-3H3,(H,29,33). The van der Waals surface area contributed by atoms with Gasteiger partial charge in [-0.15, -0.1) is 0 Å². The largest absolute Gasteiger partial charge is 0.487 e. The topological polar surface area (TPSA) is 80.5 Å². The number of benzene rings is 2. The lowest BCUT2D eigenvalue weighted by molar-refractivity contribution is -0.127. The van der Waals surface area contributed by atoms with Crippen molar-refractivity contribution in [2.24, 2.45) is 5.92 Å². The molecule has 35 heavy (non-hydrogen) atoms. The minimum Gasteiger partial charge on any atom is -0.487 e. The van der Waals surface area contributed by atoms with Gasteiger partial charge in [-0.25, -0.2) is 0 Å². The number of carbonyl (C=O) groups excluding carboxylic acids is 1. The highest BCUT2D eigenvalue weighted by Crippen LogP contribution is 2.40. The quantitative estimate of drug-likeness (QED) is 0.465. The molecule has 2 aliphatic heterocycles. The minimum absolute atomic E-state index is 0.00659. The monoisotopic (exact) mass is 538 g/mol. The number of nitrogens with zero attached hydrogens (tertiary/aromatic N) is 3. The number of nitrogens with one attached hydrogen (secondary N) is 1. The second-order valence-corrected chi connectivity index (χ2v) is 11.2. The number of halogens is 1. The number of piperidine rings is 1. The number of amides is 1. The molecular weight excluding hydrogens is 508 g/mol. The first kappa shape index (κ1) is 24.0. The molecule has 7 nitrogen and oxygen atoms in total. The van der Waals surface area contributed by atoms with E-state index < -0.39 is 0 Å². The summed E-state index contributed by atoms with van der Waals surface area (Å²) in [7, 11) is 0. The van der Waals surface area contributed by atoms with E-state index in [2.05, 4.69) is 75.3 Å². The third kappa shape index (κ3) is 5.59. The molecule has 184 valence electrons. The minimum atomic E-state index is -0.318. The fourth-order valence-electron chi connectivity index (χ4n) is 4.96. The van der Waals surface area contributed by atoms with Crippen molar-refractivity contribution in [1.82, 2.24) is 20.4 Å². The van der Waals surface area contributed by atoms with Crippen molar-refractivity contribution in [2.45, 2.75) is 58.2 Å². The molecule has 1 atom stereocenters. The third-order valence-electron chi connectivity index (χ3n) is 6.83. The summed E-state index contributed by atoms with van der Waals surface area (Å²) in [4.78, 5) is 20.0. The highest BCUT2D eigenvalue weighted by atomic mass is 79.9. The number of carbonyl (C=O) groups is 1. The maximum Gasteiger partial charge on any atom is 0.241 e. The van der Waals surface area contributed by atoms with E-state index in [1.165, 1.54) is 0 Å². The molecule has 1 amide bonds. The van der Waals surface area contributed by atoms with Crippen LogP contribution in [0.5, 0.6) is 5.75 Å². The summed E-state index contributed by atoms with van der Waals surface area (Å²) in [5.74, 6) is 2.21. The van der Waals surface area contributed by atoms with Crippen LogP contribution in [0.25, 0.3) is 11.4 Å². The van der Waals surface area contributed by atoms with Gasteiger partial charge in [0.1, 0.15) is 11.4 Å². The Morgan fingerprint density at radius 3 is 2.66 bits per heavy atom. The van der Waals surface area contributed by atoms with Gasteiger partial charge in [0.15, 0.2) is 0 Å². The van der Waals surface area contributed by atoms with Crippen LogP contribution >= 0.6 is 15.9 Å². The molecule has 0 saturated carbocycles. The molecule has 3 aromatic rings. The highest BCUT2D eigenvalue weighted by molar-refractivity contribution is 9.10. The van der Waals surface area contributed by atoms with E-state index in [-0.39, 0.29) is 23.5 Å². The second kappa shape index (κ2) is 9.74. The summed E-state index contributed by atoms with van der Waals surface area (Å²) >= 11 is 3.44. The fraction of sp³-hybridized carbons (Fsp3) is 0.444. The second-order valence-electron chi connectivity index (χ2n) is 10.2. The van der Waals surface area contributed by atoms with Crippen molar-refractivity contribution >= 4 is 21.8 Å². The van der Waals surface area contributed by atoms with Crippen LogP contribution in [0.4, 0.5) is 0 Å². The lowest BCUT2D eigenvalue weighted by Gasteiger charge is -2.39. The first-order valence-electron chi connectivity index (χ1n) is 12.2. The average molecular weight is 539 g/mol. The summed E-state index contributed by atoms with van der Waals surface area (Å²) < 4.78 is 12.7. The Morgan fingerprint density at radius 1 is 1.17 bits per heavy atom. The molecular formula is C27H31BrN4O3. The molecule has 2 aliphatic rings. The molecule has 0 aliphatic carbocycles. The van der Waals surface area contributed by atoms with E-state index in [0.29, 0.717) is 18.3 Å². The number of aromatic nitrogens is 2. The number of hydrogen-bond acceptors (Lipinski definition) is 6. The van der Waals surface area contributed by atoms with Gasteiger partial charge in [-0.05, 0) is 82.6 Å². The lowest BCUT2D eigenvalue weighted by atomic mass is 9.88. The maximum absolute atomic E-state index is 13.2. The van der Waals surface area contributed by atoms with E-state index >= 15 is 0 Å². The van der Waals surface area contributed by atoms with E-state index in [1.807, 2.05) is 24.3 Å². The highest BCUT2D eigenvalue weighted by Gasteiger charge is 2.36. The van der Waals surface area contributed by atoms with Crippen molar-refractivity contribution in [3.8, 4) is 17.1 Å². The smallest absolute Gasteiger partial charge is 0.241 e. The molecule has 1 aromatic heterocycles. The Labute approximate surface area is 214 Å². The van der Waals surface area contributed by atoms with Crippen LogP contribution in [0.3, 0.4) is 0 Å². The predicted octanol–water partition coefficient (Wildman–Crippen LogP) is 5.44. The van der Waals surface area contributed by atoms with E-state index in [1.54, 1.807) is 0 Å². The molecule has 0 spiro atoms. The van der Waals surface area contributed by atoms with Gasteiger partial charge in [0, 0.05) is 27.9 Å². The molecule has 1 N–H and O–H groups in total. The van der Waals surface area contributed by atoms with Gasteiger partial charge in [0.05, 0.1) is 12.6 Å². The summed E-state index contributed by atoms with van der Waals surface area (Å²) in [5.41, 5.74) is 2.83. The number of fused-ring (bicyclic) bond motifs is 1. The van der Waals surface area contributed by atoms with Gasteiger partial charge in [-0.3, -0.25) is 9.69 Å². The van der Waals surface area contributed by atoms with Gasteiger partial charge in [0.2, 0.25) is 17.6 Å². The van der Waals surface area contributed by atoms with Gasteiger partial charge >= 0.3 is 0 Å². The van der Waals surface area contributed by atoms with Crippen LogP contribution in [-0.2, 0) is 11.3 Å². The predicted molar refractivity (Wildman–Crippen MR) is 137 cm³/mol. The molecule has 8 heteroatoms. The van der Waals surface area contributed by atoms with Crippen LogP contribution in [0.15, 0.2) is 51.5 Å². The van der Waals surface area contributed by atoms with Crippen molar-refractivity contribution in [3.63, 3.8) is 0 Å². The van der Waals surface area contributed by atoms with Crippen molar-refractivity contribution in [1.29, 1.82) is 0 Å². The number of aryl methyl sites for hydroxylation is 1. The van der Waals surface area contributed by atoms with Crippen LogP contribution in [0, 0.1) is 12.8 Å². The van der Waals surface area contributed by atoms with Crippen molar-refractivity contribution in [2.75, 3.05) is 13.1 Å². The Bertz CT molecular complexity index is 1200. The Balaban J connectivity index is 1.16. The molecule has 1 saturated heterocycles. The van der Waals surface area contributed by atoms with Crippen LogP contribution in [0.1, 0.15) is 56.2 Å². The zero-order valence-corrected chi connectivity index (χ0v) is 22.0. The zero-order chi connectivity index (χ0) is 24.6. The summed E-state index contributed by atoms with van der Waals surface area (Å²) in [6.45, 7) is 8.46. The van der Waals surface area contributed by atoms with Crippen LogP contribution in [0.2, 0.25) is 0 Å². The van der Waals surface area contributed by atoms with Crippen molar-refractivity contribution in [3.05, 3.63) is 64.0 Å². The SMILES string of the molecule is Cc1ccc2c(c1)OC(C)(C)CC2NC(=O)C1CCN(Cc2nc(-c3ccc(Br)cc3)no2)CC1. The van der Waals surface area contributed by atoms with Gasteiger partial charge in [-0.1, -0.05) is 33.2 Å². The lowest BCUT2D eigenvalue weighted by Crippen LogP contribution is -2.45. The summed E-state index contributed by atoms with van der Waals surface area (Å²) in [6.07, 6.45) is 2.38. The Hall–Kier alpha value is -2.71. The van der Waals surface area contributed by atoms with Crippen molar-refractivity contribution < 1.29 is 14.1 Å². The molecule has 2 aromatic carbocycles. The van der Waals surface area contributed by atoms with E-state index in [9.17, 15) is 4.79 Å². The fourth-order valence-corrected chi connectivity index (χ4v) is 5.22. The van der Waals surface area contributed by atoms with Gasteiger partial charge in [0.25, 0.3) is 0 Å². The molecule has 1 unspecified atom stereocenters. The van der Waals surface area contributed by atoms with E-state index in [4.69, 9.17) is 9.26 Å². The van der Waals surface area contributed by atoms with E-state index in [0.717, 1.165) is 59.3 Å². The first-order valence-corrected chi connectivity index (χ1v) is 13.0. The molecule has 0 bridgehead atoms. The molecule has 3 heterocycles. The average Bonchev–Trinajstić information content (AvgIpc) is 3.27. The van der Waals surface area contributed by atoms with Gasteiger partial charge in [-0.2, -0.15) is 4.98 Å². The molecule has 1 fully saturated rings. The van der Waals surface area contributed by atoms with Gasteiger partial charge < -0.3 is 14.6 Å². The number of likely N-dealkylation sites (tertiary alicyclic amines) is 1. The molecule has 0 radical (unpaired) electrons. The third-order valence-corrected chi connectivity index (χ3v) is 7.36. The number of rotatable bonds is 5. The van der Waals surface area contributed by atoms with Crippen LogP contribution < -0.4 is 10.1 Å².